The summed E-state index contributed by atoms with van der Waals surface area (Å²) in [4.78, 5) is 23.9. The Morgan fingerprint density at radius 2 is 1.76 bits per heavy atom. The third-order valence-corrected chi connectivity index (χ3v) is 3.82. The number of carbonyl (C=O) groups excluding carboxylic acids is 2. The number of sulfonamides is 1. The van der Waals surface area contributed by atoms with Crippen LogP contribution in [0.25, 0.3) is 0 Å². The minimum Gasteiger partial charge on any atom is -0.507 e. The van der Waals surface area contributed by atoms with Gasteiger partial charge in [-0.2, -0.15) is 0 Å². The Kier molecular flexibility index (Phi) is 5.43. The van der Waals surface area contributed by atoms with Gasteiger partial charge in [0.1, 0.15) is 11.3 Å². The van der Waals surface area contributed by atoms with E-state index in [1.54, 1.807) is 13.0 Å². The summed E-state index contributed by atoms with van der Waals surface area (Å²) in [5, 5.41) is 9.73. The highest BCUT2D eigenvalue weighted by molar-refractivity contribution is 7.92. The van der Waals surface area contributed by atoms with Crippen LogP contribution in [0.3, 0.4) is 0 Å². The zero-order valence-electron chi connectivity index (χ0n) is 13.6. The second-order valence-corrected chi connectivity index (χ2v) is 7.22. The highest BCUT2D eigenvalue weighted by Gasteiger charge is 2.15. The van der Waals surface area contributed by atoms with Gasteiger partial charge in [-0.05, 0) is 48.9 Å². The number of phenols is 1. The van der Waals surface area contributed by atoms with Gasteiger partial charge in [-0.15, -0.1) is 0 Å². The Balaban J connectivity index is 1.99. The van der Waals surface area contributed by atoms with Crippen molar-refractivity contribution in [2.45, 2.75) is 6.92 Å². The van der Waals surface area contributed by atoms with Gasteiger partial charge in [-0.25, -0.2) is 13.2 Å². The van der Waals surface area contributed by atoms with Crippen LogP contribution in [0.5, 0.6) is 5.75 Å². The number of carbonyl (C=O) groups is 2. The zero-order valence-corrected chi connectivity index (χ0v) is 14.5. The van der Waals surface area contributed by atoms with E-state index in [0.29, 0.717) is 5.69 Å². The van der Waals surface area contributed by atoms with Crippen LogP contribution < -0.4 is 4.72 Å². The lowest BCUT2D eigenvalue weighted by Gasteiger charge is -2.07. The number of hydrogen-bond donors (Lipinski definition) is 2. The van der Waals surface area contributed by atoms with Crippen molar-refractivity contribution in [3.05, 3.63) is 59.2 Å². The van der Waals surface area contributed by atoms with Crippen LogP contribution in [0.15, 0.2) is 42.5 Å². The number of ether oxygens (including phenoxy) is 1. The van der Waals surface area contributed by atoms with E-state index in [4.69, 9.17) is 4.74 Å². The molecule has 7 nitrogen and oxygen atoms in total. The predicted octanol–water partition coefficient (Wildman–Crippen LogP) is 2.11. The molecule has 0 aromatic heterocycles. The van der Waals surface area contributed by atoms with Crippen molar-refractivity contribution < 1.29 is 27.9 Å². The smallest absolute Gasteiger partial charge is 0.342 e. The maximum Gasteiger partial charge on any atom is 0.342 e. The first-order valence-corrected chi connectivity index (χ1v) is 9.12. The van der Waals surface area contributed by atoms with E-state index in [2.05, 4.69) is 4.72 Å². The van der Waals surface area contributed by atoms with Crippen molar-refractivity contribution >= 4 is 27.5 Å². The molecule has 0 amide bonds. The summed E-state index contributed by atoms with van der Waals surface area (Å²) in [6.07, 6.45) is 1.02. The molecule has 0 radical (unpaired) electrons. The SMILES string of the molecule is Cc1ccc(C(=O)OCC(=O)c2ccc(NS(C)(=O)=O)cc2)c(O)c1. The quantitative estimate of drug-likeness (QED) is 0.601. The lowest BCUT2D eigenvalue weighted by atomic mass is 10.1. The van der Waals surface area contributed by atoms with Gasteiger partial charge in [-0.3, -0.25) is 9.52 Å². The number of rotatable bonds is 6. The summed E-state index contributed by atoms with van der Waals surface area (Å²) in [5.74, 6) is -1.47. The Morgan fingerprint density at radius 3 is 2.32 bits per heavy atom. The third-order valence-electron chi connectivity index (χ3n) is 3.22. The molecule has 0 aliphatic rings. The first-order chi connectivity index (χ1) is 11.7. The van der Waals surface area contributed by atoms with E-state index in [-0.39, 0.29) is 16.9 Å². The van der Waals surface area contributed by atoms with E-state index < -0.39 is 28.4 Å². The van der Waals surface area contributed by atoms with Gasteiger partial charge in [0.25, 0.3) is 0 Å². The van der Waals surface area contributed by atoms with Crippen LogP contribution in [0.2, 0.25) is 0 Å². The molecule has 2 aromatic carbocycles. The number of esters is 1. The van der Waals surface area contributed by atoms with Crippen LogP contribution in [0.4, 0.5) is 5.69 Å². The molecule has 132 valence electrons. The highest BCUT2D eigenvalue weighted by Crippen LogP contribution is 2.19. The summed E-state index contributed by atoms with van der Waals surface area (Å²) in [5.41, 5.74) is 1.35. The molecule has 0 spiro atoms. The van der Waals surface area contributed by atoms with Crippen LogP contribution in [0, 0.1) is 6.92 Å². The van der Waals surface area contributed by atoms with E-state index >= 15 is 0 Å². The fourth-order valence-electron chi connectivity index (χ4n) is 2.04. The number of aryl methyl sites for hydroxylation is 1. The molecule has 2 N–H and O–H groups in total. The molecule has 0 aliphatic heterocycles. The Bertz CT molecular complexity index is 903. The topological polar surface area (TPSA) is 110 Å². The first-order valence-electron chi connectivity index (χ1n) is 7.23. The molecule has 0 saturated heterocycles. The van der Waals surface area contributed by atoms with Crippen LogP contribution in [-0.2, 0) is 14.8 Å². The normalized spacial score (nSPS) is 11.0. The number of ketones is 1. The summed E-state index contributed by atoms with van der Waals surface area (Å²) in [7, 11) is -3.40. The molecule has 8 heteroatoms. The minimum absolute atomic E-state index is 0.0221. The number of aromatic hydroxyl groups is 1. The molecule has 2 aromatic rings. The zero-order chi connectivity index (χ0) is 18.6. The van der Waals surface area contributed by atoms with Crippen molar-refractivity contribution in [1.82, 2.24) is 0 Å². The van der Waals surface area contributed by atoms with Crippen LogP contribution >= 0.6 is 0 Å². The molecule has 0 atom stereocenters. The van der Waals surface area contributed by atoms with Crippen molar-refractivity contribution in [3.63, 3.8) is 0 Å². The Labute approximate surface area is 145 Å². The van der Waals surface area contributed by atoms with E-state index in [9.17, 15) is 23.1 Å². The molecule has 0 unspecified atom stereocenters. The average molecular weight is 363 g/mol. The molecular weight excluding hydrogens is 346 g/mol. The maximum absolute atomic E-state index is 12.0. The second kappa shape index (κ2) is 7.35. The van der Waals surface area contributed by atoms with E-state index in [1.165, 1.54) is 36.4 Å². The third kappa shape index (κ3) is 5.32. The number of phenolic OH excluding ortho intramolecular Hbond substituents is 1. The average Bonchev–Trinajstić information content (AvgIpc) is 2.51. The lowest BCUT2D eigenvalue weighted by molar-refractivity contribution is 0.0472. The number of hydrogen-bond acceptors (Lipinski definition) is 6. The van der Waals surface area contributed by atoms with E-state index in [0.717, 1.165) is 11.8 Å². The molecular formula is C17H17NO6S. The van der Waals surface area contributed by atoms with Gasteiger partial charge in [0.15, 0.2) is 12.4 Å². The molecule has 25 heavy (non-hydrogen) atoms. The molecule has 0 saturated carbocycles. The van der Waals surface area contributed by atoms with E-state index in [1.807, 2.05) is 0 Å². The Morgan fingerprint density at radius 1 is 1.12 bits per heavy atom. The monoisotopic (exact) mass is 363 g/mol. The Hall–Kier alpha value is -2.87. The number of Topliss-reactive ketones (excluding diaryl/α,β-unsaturated/α-hetero) is 1. The number of benzene rings is 2. The molecule has 0 bridgehead atoms. The molecule has 0 fully saturated rings. The fraction of sp³-hybridized carbons (Fsp3) is 0.176. The van der Waals surface area contributed by atoms with Gasteiger partial charge < -0.3 is 9.84 Å². The summed E-state index contributed by atoms with van der Waals surface area (Å²) in [6, 6.07) is 10.2. The molecule has 0 heterocycles. The molecule has 2 rings (SSSR count). The standard InChI is InChI=1S/C17H17NO6S/c1-11-3-8-14(15(19)9-11)17(21)24-10-16(20)12-4-6-13(7-5-12)18-25(2,22)23/h3-9,18-19H,10H2,1-2H3. The fourth-order valence-corrected chi connectivity index (χ4v) is 2.61. The first kappa shape index (κ1) is 18.5. The van der Waals surface area contributed by atoms with Gasteiger partial charge in [0.2, 0.25) is 10.0 Å². The maximum atomic E-state index is 12.0. The van der Waals surface area contributed by atoms with Gasteiger partial charge in [0.05, 0.1) is 6.26 Å². The predicted molar refractivity (Wildman–Crippen MR) is 92.4 cm³/mol. The molecule has 0 aliphatic carbocycles. The highest BCUT2D eigenvalue weighted by atomic mass is 32.2. The van der Waals surface area contributed by atoms with Crippen molar-refractivity contribution in [2.75, 3.05) is 17.6 Å². The van der Waals surface area contributed by atoms with Gasteiger partial charge in [-0.1, -0.05) is 6.07 Å². The summed E-state index contributed by atoms with van der Waals surface area (Å²) in [6.45, 7) is 1.27. The van der Waals surface area contributed by atoms with Crippen molar-refractivity contribution in [1.29, 1.82) is 0 Å². The largest absolute Gasteiger partial charge is 0.507 e. The van der Waals surface area contributed by atoms with Crippen molar-refractivity contribution in [2.24, 2.45) is 0 Å². The van der Waals surface area contributed by atoms with Crippen molar-refractivity contribution in [3.8, 4) is 5.75 Å². The second-order valence-electron chi connectivity index (χ2n) is 5.47. The number of nitrogens with one attached hydrogen (secondary N) is 1. The number of anilines is 1. The summed E-state index contributed by atoms with van der Waals surface area (Å²) < 4.78 is 29.4. The van der Waals surface area contributed by atoms with Crippen LogP contribution in [-0.4, -0.2) is 38.1 Å². The van der Waals surface area contributed by atoms with Gasteiger partial charge >= 0.3 is 5.97 Å². The lowest BCUT2D eigenvalue weighted by Crippen LogP contribution is -2.15. The van der Waals surface area contributed by atoms with Gasteiger partial charge in [0, 0.05) is 11.3 Å². The summed E-state index contributed by atoms with van der Waals surface area (Å²) >= 11 is 0. The van der Waals surface area contributed by atoms with Crippen LogP contribution in [0.1, 0.15) is 26.3 Å². The minimum atomic E-state index is -3.40.